The van der Waals surface area contributed by atoms with E-state index >= 15 is 0 Å². The second-order valence-electron chi connectivity index (χ2n) is 2.49. The Morgan fingerprint density at radius 3 is 2.14 bits per heavy atom. The first-order valence-corrected chi connectivity index (χ1v) is 4.88. The molecule has 4 heteroatoms. The lowest BCUT2D eigenvalue weighted by Crippen LogP contribution is -1.96. The molecular formula is C10H13BrO3. The largest absolute Gasteiger partial charge is 0.493 e. The summed E-state index contributed by atoms with van der Waals surface area (Å²) in [6.07, 6.45) is 0. The molecule has 0 saturated carbocycles. The van der Waals surface area contributed by atoms with Gasteiger partial charge in [-0.05, 0) is 17.7 Å². The van der Waals surface area contributed by atoms with Gasteiger partial charge in [0.05, 0.1) is 25.4 Å². The summed E-state index contributed by atoms with van der Waals surface area (Å²) in [7, 11) is -0.781. The molecule has 0 heterocycles. The molecule has 0 aromatic heterocycles. The van der Waals surface area contributed by atoms with Crippen molar-refractivity contribution in [3.8, 4) is 17.2 Å². The fourth-order valence-electron chi connectivity index (χ4n) is 1.06. The molecule has 0 fully saturated rings. The Kier molecular flexibility index (Phi) is 2.69. The lowest BCUT2D eigenvalue weighted by Gasteiger charge is -2.13. The fourth-order valence-corrected chi connectivity index (χ4v) is 1.39. The number of alkyl halides is 1. The Balaban J connectivity index is 3.16. The summed E-state index contributed by atoms with van der Waals surface area (Å²) >= 11 is 3.31. The van der Waals surface area contributed by atoms with Crippen LogP contribution in [0.15, 0.2) is 12.1 Å². The Labute approximate surface area is 96.3 Å². The summed E-state index contributed by atoms with van der Waals surface area (Å²) in [5.41, 5.74) is 0.884. The van der Waals surface area contributed by atoms with Crippen LogP contribution >= 0.6 is 15.9 Å². The summed E-state index contributed by atoms with van der Waals surface area (Å²) in [6, 6.07) is 3.43. The minimum absolute atomic E-state index is 0.250. The van der Waals surface area contributed by atoms with Gasteiger partial charge in [-0.1, -0.05) is 15.9 Å². The molecule has 78 valence electrons. The standard InChI is InChI=1S/C10H13BrO3/c1-12-8-4-7(6-11)5-9(13-2)10(8)14-3/h4-5H,6H2,1-3H3/i1D,2D,3D. The van der Waals surface area contributed by atoms with Crippen LogP contribution in [0, 0.1) is 0 Å². The SMILES string of the molecule is [2H]COc1cc(CBr)cc(OC[2H])c1OC[2H]. The summed E-state index contributed by atoms with van der Waals surface area (Å²) < 4.78 is 36.5. The molecule has 0 unspecified atom stereocenters. The highest BCUT2D eigenvalue weighted by molar-refractivity contribution is 9.08. The molecule has 0 amide bonds. The van der Waals surface area contributed by atoms with Crippen molar-refractivity contribution in [2.24, 2.45) is 0 Å². The van der Waals surface area contributed by atoms with E-state index in [-0.39, 0.29) is 27.0 Å². The van der Waals surface area contributed by atoms with Gasteiger partial charge < -0.3 is 14.2 Å². The van der Waals surface area contributed by atoms with Crippen LogP contribution in [0.5, 0.6) is 17.2 Å². The molecule has 0 aliphatic heterocycles. The van der Waals surface area contributed by atoms with Gasteiger partial charge in [-0.3, -0.25) is 0 Å². The first-order chi connectivity index (χ1) is 8.26. The normalized spacial score (nSPS) is 12.5. The number of hydrogen-bond donors (Lipinski definition) is 0. The first kappa shape index (κ1) is 7.40. The maximum Gasteiger partial charge on any atom is 0.203 e. The molecule has 0 aliphatic carbocycles. The zero-order chi connectivity index (χ0) is 12.7. The average Bonchev–Trinajstić information content (AvgIpc) is 2.33. The lowest BCUT2D eigenvalue weighted by molar-refractivity contribution is 0.324. The molecule has 0 N–H and O–H groups in total. The van der Waals surface area contributed by atoms with E-state index in [4.69, 9.17) is 18.3 Å². The quantitative estimate of drug-likeness (QED) is 0.782. The van der Waals surface area contributed by atoms with Crippen LogP contribution in [-0.2, 0) is 5.33 Å². The number of rotatable bonds is 4. The summed E-state index contributed by atoms with van der Waals surface area (Å²) in [4.78, 5) is 0. The van der Waals surface area contributed by atoms with E-state index in [1.807, 2.05) is 0 Å². The van der Waals surface area contributed by atoms with Crippen LogP contribution in [0.25, 0.3) is 0 Å². The van der Waals surface area contributed by atoms with Crippen LogP contribution < -0.4 is 14.2 Å². The van der Waals surface area contributed by atoms with Gasteiger partial charge in [-0.25, -0.2) is 0 Å². The average molecular weight is 264 g/mol. The van der Waals surface area contributed by atoms with Gasteiger partial charge in [-0.2, -0.15) is 0 Å². The molecule has 0 saturated heterocycles. The van der Waals surface area contributed by atoms with E-state index in [0.717, 1.165) is 5.56 Å². The van der Waals surface area contributed by atoms with Crippen molar-refractivity contribution in [2.75, 3.05) is 21.3 Å². The highest BCUT2D eigenvalue weighted by atomic mass is 79.9. The fraction of sp³-hybridized carbons (Fsp3) is 0.400. The Bertz CT molecular complexity index is 336. The van der Waals surface area contributed by atoms with Crippen molar-refractivity contribution in [2.45, 2.75) is 5.33 Å². The van der Waals surface area contributed by atoms with Gasteiger partial charge in [-0.15, -0.1) is 0 Å². The molecule has 1 rings (SSSR count). The number of hydrogen-bond acceptors (Lipinski definition) is 3. The van der Waals surface area contributed by atoms with E-state index in [0.29, 0.717) is 16.8 Å². The zero-order valence-corrected chi connectivity index (χ0v) is 9.17. The molecule has 0 spiro atoms. The minimum atomic E-state index is -0.281. The minimum Gasteiger partial charge on any atom is -0.493 e. The van der Waals surface area contributed by atoms with Gasteiger partial charge in [0.25, 0.3) is 0 Å². The molecule has 1 aromatic carbocycles. The Morgan fingerprint density at radius 1 is 1.14 bits per heavy atom. The van der Waals surface area contributed by atoms with Crippen LogP contribution in [0.3, 0.4) is 0 Å². The molecule has 14 heavy (non-hydrogen) atoms. The van der Waals surface area contributed by atoms with Crippen molar-refractivity contribution >= 4 is 15.9 Å². The van der Waals surface area contributed by atoms with Crippen molar-refractivity contribution in [1.29, 1.82) is 0 Å². The number of ether oxygens (including phenoxy) is 3. The molecular weight excluding hydrogens is 248 g/mol. The summed E-state index contributed by atoms with van der Waals surface area (Å²) in [5.74, 6) is 0.976. The van der Waals surface area contributed by atoms with Crippen molar-refractivity contribution < 1.29 is 18.3 Å². The van der Waals surface area contributed by atoms with Crippen LogP contribution in [0.2, 0.25) is 0 Å². The van der Waals surface area contributed by atoms with Gasteiger partial charge in [0.1, 0.15) is 0 Å². The third-order valence-electron chi connectivity index (χ3n) is 1.69. The van der Waals surface area contributed by atoms with E-state index in [1.54, 1.807) is 12.1 Å². The van der Waals surface area contributed by atoms with Gasteiger partial charge in [0, 0.05) is 5.33 Å². The summed E-state index contributed by atoms with van der Waals surface area (Å²) in [6.45, 7) is 0. The molecule has 0 radical (unpaired) electrons. The number of halogens is 1. The summed E-state index contributed by atoms with van der Waals surface area (Å²) in [5, 5.41) is 0.594. The molecule has 0 bridgehead atoms. The Morgan fingerprint density at radius 2 is 1.71 bits per heavy atom. The second kappa shape index (κ2) is 5.10. The maximum absolute atomic E-state index is 7.06. The topological polar surface area (TPSA) is 27.7 Å². The Hall–Kier alpha value is -0.900. The zero-order valence-electron chi connectivity index (χ0n) is 10.6. The second-order valence-corrected chi connectivity index (χ2v) is 3.05. The highest BCUT2D eigenvalue weighted by Crippen LogP contribution is 2.38. The molecule has 1 aromatic rings. The van der Waals surface area contributed by atoms with Gasteiger partial charge >= 0.3 is 0 Å². The van der Waals surface area contributed by atoms with Crippen molar-refractivity contribution in [3.05, 3.63) is 17.7 Å². The molecule has 0 aliphatic rings. The highest BCUT2D eigenvalue weighted by Gasteiger charge is 2.12. The number of benzene rings is 1. The predicted octanol–water partition coefficient (Wildman–Crippen LogP) is 2.61. The van der Waals surface area contributed by atoms with Crippen LogP contribution in [0.1, 0.15) is 9.68 Å². The lowest BCUT2D eigenvalue weighted by atomic mass is 10.2. The smallest absolute Gasteiger partial charge is 0.203 e. The molecule has 3 nitrogen and oxygen atoms in total. The first-order valence-electron chi connectivity index (χ1n) is 5.88. The van der Waals surface area contributed by atoms with Crippen molar-refractivity contribution in [1.82, 2.24) is 0 Å². The van der Waals surface area contributed by atoms with Crippen LogP contribution in [0.4, 0.5) is 0 Å². The third kappa shape index (κ3) is 2.12. The third-order valence-corrected chi connectivity index (χ3v) is 2.34. The number of methoxy groups -OCH3 is 3. The van der Waals surface area contributed by atoms with Crippen LogP contribution in [-0.4, -0.2) is 21.3 Å². The monoisotopic (exact) mass is 263 g/mol. The van der Waals surface area contributed by atoms with Gasteiger partial charge in [0.15, 0.2) is 11.5 Å². The van der Waals surface area contributed by atoms with E-state index in [2.05, 4.69) is 15.9 Å². The molecule has 0 atom stereocenters. The van der Waals surface area contributed by atoms with E-state index < -0.39 is 0 Å². The predicted molar refractivity (Wildman–Crippen MR) is 58.7 cm³/mol. The maximum atomic E-state index is 7.06. The van der Waals surface area contributed by atoms with E-state index in [1.165, 1.54) is 0 Å². The van der Waals surface area contributed by atoms with Crippen molar-refractivity contribution in [3.63, 3.8) is 0 Å². The van der Waals surface area contributed by atoms with E-state index in [9.17, 15) is 0 Å². The van der Waals surface area contributed by atoms with Gasteiger partial charge in [0.2, 0.25) is 5.75 Å².